The lowest BCUT2D eigenvalue weighted by molar-refractivity contribution is -0.0382. The molecule has 0 saturated heterocycles. The van der Waals surface area contributed by atoms with Crippen LogP contribution < -0.4 is 14.4 Å². The van der Waals surface area contributed by atoms with E-state index in [1.165, 1.54) is 11.1 Å². The number of rotatable bonds is 5. The summed E-state index contributed by atoms with van der Waals surface area (Å²) in [4.78, 5) is 30.3. The van der Waals surface area contributed by atoms with Crippen LogP contribution in [0.25, 0.3) is 0 Å². The minimum absolute atomic E-state index is 0.00274. The third-order valence-electron chi connectivity index (χ3n) is 12.2. The molecular weight excluding hydrogens is 740 g/mol. The predicted octanol–water partition coefficient (Wildman–Crippen LogP) is 6.75. The number of anilines is 1. The van der Waals surface area contributed by atoms with Crippen LogP contribution in [0.15, 0.2) is 65.2 Å². The van der Waals surface area contributed by atoms with Gasteiger partial charge in [0.2, 0.25) is 0 Å². The zero-order valence-corrected chi connectivity index (χ0v) is 33.4. The summed E-state index contributed by atoms with van der Waals surface area (Å²) >= 11 is 6.48. The van der Waals surface area contributed by atoms with Crippen molar-refractivity contribution in [2.75, 3.05) is 51.2 Å². The highest BCUT2D eigenvalue weighted by Gasteiger charge is 2.44. The summed E-state index contributed by atoms with van der Waals surface area (Å²) in [6, 6.07) is 13.3. The number of nitrogens with one attached hydrogen (secondary N) is 1. The second kappa shape index (κ2) is 15.7. The van der Waals surface area contributed by atoms with Gasteiger partial charge in [0, 0.05) is 55.2 Å². The first-order chi connectivity index (χ1) is 26.5. The third-order valence-corrected chi connectivity index (χ3v) is 14.5. The van der Waals surface area contributed by atoms with Gasteiger partial charge in [0.1, 0.15) is 15.7 Å². The number of fused-ring (bicyclic) bond motifs is 5. The monoisotopic (exact) mass is 790 g/mol. The lowest BCUT2D eigenvalue weighted by Gasteiger charge is -2.46. The van der Waals surface area contributed by atoms with Crippen molar-refractivity contribution in [2.24, 2.45) is 22.1 Å². The van der Waals surface area contributed by atoms with E-state index in [4.69, 9.17) is 30.5 Å². The summed E-state index contributed by atoms with van der Waals surface area (Å²) in [5.74, 6) is 0.0503. The molecule has 13 heteroatoms. The first kappa shape index (κ1) is 38.2. The second-order valence-electron chi connectivity index (χ2n) is 16.2. The van der Waals surface area contributed by atoms with Crippen LogP contribution in [0.1, 0.15) is 76.6 Å². The van der Waals surface area contributed by atoms with E-state index in [1.807, 2.05) is 29.7 Å². The van der Waals surface area contributed by atoms with E-state index in [0.29, 0.717) is 68.0 Å². The zero-order valence-electron chi connectivity index (χ0n) is 31.8. The molecule has 1 saturated carbocycles. The highest BCUT2D eigenvalue weighted by Crippen LogP contribution is 2.47. The van der Waals surface area contributed by atoms with Gasteiger partial charge in [-0.05, 0) is 104 Å². The lowest BCUT2D eigenvalue weighted by atomic mass is 9.68. The third kappa shape index (κ3) is 7.85. The van der Waals surface area contributed by atoms with Gasteiger partial charge in [0.05, 0.1) is 55.6 Å². The first-order valence-corrected chi connectivity index (χ1v) is 21.5. The largest absolute Gasteiger partial charge is 0.490 e. The number of hydrogen-bond donors (Lipinski definition) is 1. The summed E-state index contributed by atoms with van der Waals surface area (Å²) < 4.78 is 47.6. The van der Waals surface area contributed by atoms with Gasteiger partial charge in [0.15, 0.2) is 0 Å². The molecule has 1 N–H and O–H groups in total. The zero-order chi connectivity index (χ0) is 38.3. The number of ether oxygens (including phenoxy) is 4. The summed E-state index contributed by atoms with van der Waals surface area (Å²) in [5.41, 5.74) is 4.54. The Morgan fingerprint density at radius 3 is 2.82 bits per heavy atom. The first-order valence-electron chi connectivity index (χ1n) is 19.5. The SMILES string of the molecule is COC[C@H]1Cn2cc(C(=O)NS3(=O)=NC(=O)c4ccc5c(c4)N(C[C@@H]4CC[C@H]4[C@@H](OC)/C=C/C[C@H](C)C3)C[C@@]3(CCCc4cc(Cl)ccc43)CO5)cc2CO1. The Bertz CT molecular complexity index is 2110. The van der Waals surface area contributed by atoms with Gasteiger partial charge < -0.3 is 28.4 Å². The normalized spacial score (nSPS) is 31.1. The molecule has 8 rings (SSSR count). The molecule has 2 aliphatic carbocycles. The number of carbonyl (C=O) groups is 2. The smallest absolute Gasteiger partial charge is 0.286 e. The maximum atomic E-state index is 14.8. The average Bonchev–Trinajstić information content (AvgIpc) is 3.51. The number of halogens is 1. The van der Waals surface area contributed by atoms with Crippen molar-refractivity contribution in [3.05, 3.63) is 93.8 Å². The highest BCUT2D eigenvalue weighted by molar-refractivity contribution is 7.92. The van der Waals surface area contributed by atoms with Gasteiger partial charge in [0.25, 0.3) is 11.8 Å². The Labute approximate surface area is 329 Å². The molecule has 55 heavy (non-hydrogen) atoms. The topological polar surface area (TPSA) is 121 Å². The maximum Gasteiger partial charge on any atom is 0.286 e. The Hall–Kier alpha value is -3.68. The standard InChI is InChI=1S/C42H51ClN4O7S/c1-27-6-4-8-38(52-3)35-12-9-30(35)19-47-25-42(15-5-7-28-16-32(43)11-13-36(28)42)26-54-39-14-10-29(18-37(39)47)40(48)44-55(50,24-27)45-41(49)31-17-33-22-53-34(23-51-2)21-46(33)20-31/h4,8,10-11,13-14,16-18,20,27,30,34-35,38H,5-7,9,12,15,19,21-26H2,1-3H3,(H,44,45,48,49,50)/b8-4+/t27-,30-,34+,35+,38-,42-,55?/m0/s1. The molecule has 1 unspecified atom stereocenters. The number of aryl methyl sites for hydroxylation is 1. The Morgan fingerprint density at radius 1 is 1.15 bits per heavy atom. The van der Waals surface area contributed by atoms with E-state index in [9.17, 15) is 13.8 Å². The quantitative estimate of drug-likeness (QED) is 0.282. The number of amides is 2. The molecule has 1 aromatic heterocycles. The van der Waals surface area contributed by atoms with Crippen LogP contribution in [0.4, 0.5) is 5.69 Å². The van der Waals surface area contributed by atoms with E-state index in [-0.39, 0.29) is 29.3 Å². The molecule has 1 spiro atoms. The molecule has 11 nitrogen and oxygen atoms in total. The predicted molar refractivity (Wildman–Crippen MR) is 212 cm³/mol. The van der Waals surface area contributed by atoms with Crippen LogP contribution in [-0.4, -0.2) is 79.1 Å². The molecule has 2 aromatic carbocycles. The van der Waals surface area contributed by atoms with Gasteiger partial charge in [-0.1, -0.05) is 36.7 Å². The number of carbonyl (C=O) groups excluding carboxylic acids is 2. The number of aromatic nitrogens is 1. The van der Waals surface area contributed by atoms with Crippen molar-refractivity contribution < 1.29 is 32.7 Å². The molecule has 0 radical (unpaired) electrons. The van der Waals surface area contributed by atoms with E-state index in [1.54, 1.807) is 32.5 Å². The molecule has 3 aromatic rings. The molecule has 5 aliphatic rings. The molecule has 294 valence electrons. The van der Waals surface area contributed by atoms with Crippen molar-refractivity contribution in [3.8, 4) is 5.75 Å². The van der Waals surface area contributed by atoms with Gasteiger partial charge in [-0.15, -0.1) is 4.36 Å². The minimum Gasteiger partial charge on any atom is -0.490 e. The Balaban J connectivity index is 1.16. The number of methoxy groups -OCH3 is 2. The van der Waals surface area contributed by atoms with Gasteiger partial charge >= 0.3 is 0 Å². The van der Waals surface area contributed by atoms with E-state index in [0.717, 1.165) is 55.1 Å². The number of nitrogens with zero attached hydrogens (tertiary/aromatic N) is 3. The van der Waals surface area contributed by atoms with Gasteiger partial charge in [-0.2, -0.15) is 0 Å². The average molecular weight is 791 g/mol. The van der Waals surface area contributed by atoms with E-state index >= 15 is 0 Å². The maximum absolute atomic E-state index is 14.8. The Kier molecular flexibility index (Phi) is 10.9. The summed E-state index contributed by atoms with van der Waals surface area (Å²) in [7, 11) is -0.177. The fourth-order valence-corrected chi connectivity index (χ4v) is 11.4. The van der Waals surface area contributed by atoms with Crippen LogP contribution in [0.5, 0.6) is 5.75 Å². The molecule has 2 bridgehead atoms. The summed E-state index contributed by atoms with van der Waals surface area (Å²) in [6.45, 7) is 5.24. The van der Waals surface area contributed by atoms with Crippen LogP contribution in [0.2, 0.25) is 5.02 Å². The summed E-state index contributed by atoms with van der Waals surface area (Å²) in [5, 5.41) is 0.738. The van der Waals surface area contributed by atoms with Crippen LogP contribution in [0.3, 0.4) is 0 Å². The number of hydrogen-bond acceptors (Lipinski definition) is 8. The fraction of sp³-hybridized carbons (Fsp3) is 0.524. The summed E-state index contributed by atoms with van der Waals surface area (Å²) in [6.07, 6.45) is 11.4. The Morgan fingerprint density at radius 2 is 2.02 bits per heavy atom. The van der Waals surface area contributed by atoms with Crippen molar-refractivity contribution >= 4 is 39.0 Å². The molecule has 7 atom stereocenters. The molecule has 3 aliphatic heterocycles. The highest BCUT2D eigenvalue weighted by atomic mass is 35.5. The fourth-order valence-electron chi connectivity index (χ4n) is 9.30. The van der Waals surface area contributed by atoms with Crippen molar-refractivity contribution in [1.82, 2.24) is 9.29 Å². The van der Waals surface area contributed by atoms with Crippen molar-refractivity contribution in [3.63, 3.8) is 0 Å². The number of allylic oxidation sites excluding steroid dienone is 1. The lowest BCUT2D eigenvalue weighted by Crippen LogP contribution is -2.49. The van der Waals surface area contributed by atoms with Gasteiger partial charge in [-0.25, -0.2) is 4.21 Å². The minimum atomic E-state index is -3.57. The molecule has 4 heterocycles. The molecule has 1 fully saturated rings. The second-order valence-corrected chi connectivity index (χ2v) is 18.6. The van der Waals surface area contributed by atoms with E-state index < -0.39 is 21.7 Å². The number of benzene rings is 2. The molecule has 2 amide bonds. The van der Waals surface area contributed by atoms with Crippen LogP contribution in [-0.2, 0) is 49.1 Å². The van der Waals surface area contributed by atoms with Gasteiger partial charge in [-0.3, -0.25) is 14.3 Å². The van der Waals surface area contributed by atoms with Crippen molar-refractivity contribution in [2.45, 2.75) is 76.2 Å². The van der Waals surface area contributed by atoms with Crippen LogP contribution in [0, 0.1) is 17.8 Å². The van der Waals surface area contributed by atoms with Crippen LogP contribution >= 0.6 is 11.6 Å². The van der Waals surface area contributed by atoms with Crippen molar-refractivity contribution in [1.29, 1.82) is 0 Å². The van der Waals surface area contributed by atoms with E-state index in [2.05, 4.69) is 38.3 Å². The molecular formula is C42H51ClN4O7S.